The molecule has 0 saturated carbocycles. The molecule has 0 saturated heterocycles. The van der Waals surface area contributed by atoms with Gasteiger partial charge in [0.1, 0.15) is 11.6 Å². The maximum absolute atomic E-state index is 12.3. The van der Waals surface area contributed by atoms with Crippen LogP contribution in [0.5, 0.6) is 0 Å². The van der Waals surface area contributed by atoms with E-state index in [2.05, 4.69) is 10.3 Å². The maximum Gasteiger partial charge on any atom is 0.253 e. The van der Waals surface area contributed by atoms with Gasteiger partial charge in [-0.15, -0.1) is 0 Å². The molecule has 21 heavy (non-hydrogen) atoms. The van der Waals surface area contributed by atoms with Crippen molar-refractivity contribution >= 4 is 22.5 Å². The highest BCUT2D eigenvalue weighted by Crippen LogP contribution is 2.22. The number of benzene rings is 1. The molecule has 5 nitrogen and oxygen atoms in total. The quantitative estimate of drug-likeness (QED) is 0.769. The molecule has 0 unspecified atom stereocenters. The summed E-state index contributed by atoms with van der Waals surface area (Å²) in [7, 11) is 0. The zero-order chi connectivity index (χ0) is 14.7. The highest BCUT2D eigenvalue weighted by Gasteiger charge is 2.12. The van der Waals surface area contributed by atoms with Crippen LogP contribution in [0.3, 0.4) is 0 Å². The molecule has 3 N–H and O–H groups in total. The molecule has 1 aromatic carbocycles. The standard InChI is InChI=1S/C16H15N3O2/c17-15-13-6-2-1-5-12(13)14(10-19-15)16(20)18-8-7-11-4-3-9-21-11/h1-6,9-10H,7-8H2,(H2,17,19)(H,18,20). The van der Waals surface area contributed by atoms with Crippen LogP contribution < -0.4 is 11.1 Å². The van der Waals surface area contributed by atoms with Crippen molar-refractivity contribution in [3.8, 4) is 0 Å². The molecular formula is C16H15N3O2. The topological polar surface area (TPSA) is 81.1 Å². The molecule has 0 radical (unpaired) electrons. The number of aromatic nitrogens is 1. The summed E-state index contributed by atoms with van der Waals surface area (Å²) >= 11 is 0. The molecule has 0 aliphatic heterocycles. The van der Waals surface area contributed by atoms with Gasteiger partial charge in [-0.05, 0) is 17.5 Å². The van der Waals surface area contributed by atoms with Crippen LogP contribution in [-0.4, -0.2) is 17.4 Å². The molecule has 2 heterocycles. The molecule has 5 heteroatoms. The average Bonchev–Trinajstić information content (AvgIpc) is 3.01. The summed E-state index contributed by atoms with van der Waals surface area (Å²) in [4.78, 5) is 16.4. The highest BCUT2D eigenvalue weighted by molar-refractivity contribution is 6.08. The second-order valence-electron chi connectivity index (χ2n) is 4.69. The summed E-state index contributed by atoms with van der Waals surface area (Å²) in [5.41, 5.74) is 6.36. The fourth-order valence-corrected chi connectivity index (χ4v) is 2.24. The van der Waals surface area contributed by atoms with Gasteiger partial charge >= 0.3 is 0 Å². The molecule has 0 fully saturated rings. The molecule has 106 valence electrons. The normalized spacial score (nSPS) is 10.7. The van der Waals surface area contributed by atoms with E-state index in [9.17, 15) is 4.79 Å². The third-order valence-corrected chi connectivity index (χ3v) is 3.31. The first-order valence-electron chi connectivity index (χ1n) is 6.69. The van der Waals surface area contributed by atoms with Gasteiger partial charge in [-0.3, -0.25) is 4.79 Å². The number of carbonyl (C=O) groups is 1. The Kier molecular flexibility index (Phi) is 3.55. The lowest BCUT2D eigenvalue weighted by Gasteiger charge is -2.08. The van der Waals surface area contributed by atoms with Crippen molar-refractivity contribution in [1.82, 2.24) is 10.3 Å². The van der Waals surface area contributed by atoms with E-state index in [1.165, 1.54) is 6.20 Å². The van der Waals surface area contributed by atoms with Crippen molar-refractivity contribution in [2.24, 2.45) is 0 Å². The van der Waals surface area contributed by atoms with Gasteiger partial charge in [-0.1, -0.05) is 24.3 Å². The van der Waals surface area contributed by atoms with Crippen LogP contribution in [0.1, 0.15) is 16.1 Å². The number of furan rings is 1. The summed E-state index contributed by atoms with van der Waals surface area (Å²) in [5.74, 6) is 1.11. The number of carbonyl (C=O) groups excluding carboxylic acids is 1. The predicted molar refractivity (Wildman–Crippen MR) is 80.9 cm³/mol. The maximum atomic E-state index is 12.3. The Bertz CT molecular complexity index is 766. The summed E-state index contributed by atoms with van der Waals surface area (Å²) in [6, 6.07) is 11.2. The summed E-state index contributed by atoms with van der Waals surface area (Å²) in [5, 5.41) is 4.46. The minimum atomic E-state index is -0.162. The molecule has 3 aromatic rings. The number of pyridine rings is 1. The first-order valence-corrected chi connectivity index (χ1v) is 6.69. The van der Waals surface area contributed by atoms with Crippen LogP contribution in [0.2, 0.25) is 0 Å². The van der Waals surface area contributed by atoms with Gasteiger partial charge in [0, 0.05) is 24.5 Å². The van der Waals surface area contributed by atoms with Gasteiger partial charge in [-0.2, -0.15) is 0 Å². The SMILES string of the molecule is Nc1ncc(C(=O)NCCc2ccco2)c2ccccc12. The fourth-order valence-electron chi connectivity index (χ4n) is 2.24. The van der Waals surface area contributed by atoms with E-state index in [1.807, 2.05) is 36.4 Å². The Morgan fingerprint density at radius 2 is 2.00 bits per heavy atom. The minimum Gasteiger partial charge on any atom is -0.469 e. The predicted octanol–water partition coefficient (Wildman–Crippen LogP) is 2.38. The van der Waals surface area contributed by atoms with E-state index >= 15 is 0 Å². The zero-order valence-electron chi connectivity index (χ0n) is 11.4. The third kappa shape index (κ3) is 2.72. The number of rotatable bonds is 4. The van der Waals surface area contributed by atoms with Crippen molar-refractivity contribution in [3.05, 3.63) is 60.2 Å². The van der Waals surface area contributed by atoms with E-state index < -0.39 is 0 Å². The van der Waals surface area contributed by atoms with Gasteiger partial charge in [0.25, 0.3) is 5.91 Å². The van der Waals surface area contributed by atoms with Crippen molar-refractivity contribution in [3.63, 3.8) is 0 Å². The van der Waals surface area contributed by atoms with E-state index in [0.717, 1.165) is 16.5 Å². The lowest BCUT2D eigenvalue weighted by molar-refractivity contribution is 0.0955. The second kappa shape index (κ2) is 5.66. The number of hydrogen-bond donors (Lipinski definition) is 2. The van der Waals surface area contributed by atoms with E-state index in [4.69, 9.17) is 10.2 Å². The Morgan fingerprint density at radius 3 is 2.76 bits per heavy atom. The fraction of sp³-hybridized carbons (Fsp3) is 0.125. The molecule has 3 rings (SSSR count). The van der Waals surface area contributed by atoms with Crippen LogP contribution in [0.15, 0.2) is 53.3 Å². The highest BCUT2D eigenvalue weighted by atomic mass is 16.3. The number of amides is 1. The molecule has 0 spiro atoms. The number of nitrogens with two attached hydrogens (primary N) is 1. The number of fused-ring (bicyclic) bond motifs is 1. The molecule has 0 aliphatic carbocycles. The number of hydrogen-bond acceptors (Lipinski definition) is 4. The van der Waals surface area contributed by atoms with Crippen LogP contribution in [0.25, 0.3) is 10.8 Å². The van der Waals surface area contributed by atoms with Gasteiger partial charge < -0.3 is 15.5 Å². The van der Waals surface area contributed by atoms with Crippen LogP contribution in [0.4, 0.5) is 5.82 Å². The Balaban J connectivity index is 1.77. The first kappa shape index (κ1) is 13.2. The monoisotopic (exact) mass is 281 g/mol. The van der Waals surface area contributed by atoms with Gasteiger partial charge in [0.05, 0.1) is 11.8 Å². The summed E-state index contributed by atoms with van der Waals surface area (Å²) in [6.45, 7) is 0.505. The Hall–Kier alpha value is -2.82. The van der Waals surface area contributed by atoms with Gasteiger partial charge in [0.15, 0.2) is 0 Å². The molecule has 2 aromatic heterocycles. The lowest BCUT2D eigenvalue weighted by Crippen LogP contribution is -2.26. The molecular weight excluding hydrogens is 266 g/mol. The van der Waals surface area contributed by atoms with Crippen molar-refractivity contribution in [1.29, 1.82) is 0 Å². The van der Waals surface area contributed by atoms with Crippen LogP contribution >= 0.6 is 0 Å². The van der Waals surface area contributed by atoms with E-state index in [-0.39, 0.29) is 5.91 Å². The van der Waals surface area contributed by atoms with E-state index in [0.29, 0.717) is 24.3 Å². The molecule has 1 amide bonds. The largest absolute Gasteiger partial charge is 0.469 e. The zero-order valence-corrected chi connectivity index (χ0v) is 11.4. The van der Waals surface area contributed by atoms with Gasteiger partial charge in [-0.25, -0.2) is 4.98 Å². The molecule has 0 aliphatic rings. The van der Waals surface area contributed by atoms with Crippen molar-refractivity contribution in [2.45, 2.75) is 6.42 Å². The molecule has 0 atom stereocenters. The Labute approximate surface area is 121 Å². The van der Waals surface area contributed by atoms with Crippen molar-refractivity contribution < 1.29 is 9.21 Å². The molecule has 0 bridgehead atoms. The van der Waals surface area contributed by atoms with E-state index in [1.54, 1.807) is 6.26 Å². The van der Waals surface area contributed by atoms with Crippen LogP contribution in [-0.2, 0) is 6.42 Å². The lowest BCUT2D eigenvalue weighted by atomic mass is 10.1. The number of anilines is 1. The smallest absolute Gasteiger partial charge is 0.253 e. The number of nitrogens with zero attached hydrogens (tertiary/aromatic N) is 1. The van der Waals surface area contributed by atoms with Gasteiger partial charge in [0.2, 0.25) is 0 Å². The first-order chi connectivity index (χ1) is 10.3. The Morgan fingerprint density at radius 1 is 1.19 bits per heavy atom. The van der Waals surface area contributed by atoms with Crippen molar-refractivity contribution in [2.75, 3.05) is 12.3 Å². The number of nitrogens with one attached hydrogen (secondary N) is 1. The number of nitrogen functional groups attached to an aromatic ring is 1. The minimum absolute atomic E-state index is 0.162. The van der Waals surface area contributed by atoms with Crippen LogP contribution in [0, 0.1) is 0 Å². The third-order valence-electron chi connectivity index (χ3n) is 3.31. The summed E-state index contributed by atoms with van der Waals surface area (Å²) < 4.78 is 5.23. The summed E-state index contributed by atoms with van der Waals surface area (Å²) in [6.07, 6.45) is 3.79. The second-order valence-corrected chi connectivity index (χ2v) is 4.69. The average molecular weight is 281 g/mol.